The van der Waals surface area contributed by atoms with Gasteiger partial charge < -0.3 is 59.2 Å². The number of alkyl carbamates (subject to hydrolysis) is 4. The summed E-state index contributed by atoms with van der Waals surface area (Å²) in [6, 6.07) is 11.4. The monoisotopic (exact) mass is 879 g/mol. The molecule has 0 heterocycles. The van der Waals surface area contributed by atoms with Crippen LogP contribution >= 0.6 is 0 Å². The zero-order valence-corrected chi connectivity index (χ0v) is 36.3. The summed E-state index contributed by atoms with van der Waals surface area (Å²) >= 11 is 0. The zero-order chi connectivity index (χ0) is 41.6. The van der Waals surface area contributed by atoms with E-state index in [0.29, 0.717) is 34.8 Å². The average Bonchev–Trinajstić information content (AvgIpc) is 4.08. The molecule has 333 valence electrons. The van der Waals surface area contributed by atoms with Gasteiger partial charge in [0.1, 0.15) is 12.2 Å². The Labute approximate surface area is 366 Å². The van der Waals surface area contributed by atoms with E-state index >= 15 is 0 Å². The van der Waals surface area contributed by atoms with Gasteiger partial charge in [0.05, 0.1) is 42.7 Å². The third-order valence-electron chi connectivity index (χ3n) is 11.9. The van der Waals surface area contributed by atoms with E-state index in [1.807, 2.05) is 36.4 Å². The molecule has 6 atom stereocenters. The van der Waals surface area contributed by atoms with E-state index in [2.05, 4.69) is 40.2 Å². The van der Waals surface area contributed by atoms with Crippen LogP contribution in [0.2, 0.25) is 0 Å². The Hall–Kier alpha value is -4.70. The summed E-state index contributed by atoms with van der Waals surface area (Å²) in [7, 11) is 8.49. The van der Waals surface area contributed by atoms with Crippen LogP contribution in [0.25, 0.3) is 0 Å². The Morgan fingerprint density at radius 3 is 1.10 bits per heavy atom. The van der Waals surface area contributed by atoms with Gasteiger partial charge in [-0.2, -0.15) is 0 Å². The van der Waals surface area contributed by atoms with E-state index in [1.54, 1.807) is 14.2 Å². The number of rotatable bonds is 16. The van der Waals surface area contributed by atoms with E-state index in [0.717, 1.165) is 35.8 Å². The summed E-state index contributed by atoms with van der Waals surface area (Å²) < 4.78 is 42.3. The van der Waals surface area contributed by atoms with Crippen molar-refractivity contribution in [3.05, 3.63) is 47.5 Å². The number of ether oxygens (including phenoxy) is 8. The number of hydrogen-bond acceptors (Lipinski definition) is 12. The number of hydrogen-bond donors (Lipinski definition) is 4. The van der Waals surface area contributed by atoms with E-state index in [1.165, 1.54) is 67.0 Å². The van der Waals surface area contributed by atoms with Crippen LogP contribution in [0.5, 0.6) is 23.0 Å². The van der Waals surface area contributed by atoms with Gasteiger partial charge in [-0.15, -0.1) is 0 Å². The minimum absolute atomic E-state index is 0. The van der Waals surface area contributed by atoms with Crippen molar-refractivity contribution in [2.45, 2.75) is 82.8 Å². The SMILES string of the molecule is C.COC(=O)NCC(CNC(=O)OC)c1ccc(OC)c(OC2CC3CCC2C3)c1.COC(=O)NCC(CNC(=O)OC)c1ccc(OC)c(OC2CC3CCC2C3)c1.[V]. The molecule has 16 nitrogen and oxygen atoms in total. The quantitative estimate of drug-likeness (QED) is 0.130. The predicted molar refractivity (Wildman–Crippen MR) is 220 cm³/mol. The summed E-state index contributed by atoms with van der Waals surface area (Å²) in [5, 5.41) is 10.8. The van der Waals surface area contributed by atoms with E-state index in [9.17, 15) is 19.2 Å². The van der Waals surface area contributed by atoms with Crippen LogP contribution in [-0.4, -0.2) is 105 Å². The smallest absolute Gasteiger partial charge is 0.406 e. The number of amides is 4. The van der Waals surface area contributed by atoms with Crippen molar-refractivity contribution in [1.82, 2.24) is 21.3 Å². The standard InChI is InChI=1S/2C21H30N2O6.CH4.V/c2*1-26-17-7-6-14(10-19(17)29-18-9-13-4-5-15(18)8-13)16(11-22-20(24)27-2)12-23-21(25)28-3;;/h2*6-7,10,13,15-16,18H,4-5,8-9,11-12H2,1-3H3,(H,22,24)(H,23,25);1H4;. The molecule has 6 rings (SSSR count). The first-order chi connectivity index (χ1) is 28.1. The first-order valence-corrected chi connectivity index (χ1v) is 20.0. The number of methoxy groups -OCH3 is 6. The molecule has 0 aromatic heterocycles. The molecule has 60 heavy (non-hydrogen) atoms. The van der Waals surface area contributed by atoms with Gasteiger partial charge in [0.25, 0.3) is 0 Å². The van der Waals surface area contributed by atoms with Crippen molar-refractivity contribution in [3.8, 4) is 23.0 Å². The minimum Gasteiger partial charge on any atom is -0.493 e. The van der Waals surface area contributed by atoms with E-state index < -0.39 is 24.4 Å². The first-order valence-electron chi connectivity index (χ1n) is 20.0. The maximum Gasteiger partial charge on any atom is 0.406 e. The summed E-state index contributed by atoms with van der Waals surface area (Å²) in [5.74, 6) is 5.16. The molecule has 2 aromatic carbocycles. The van der Waals surface area contributed by atoms with Crippen molar-refractivity contribution in [1.29, 1.82) is 0 Å². The Balaban J connectivity index is 0.000000310. The molecule has 4 aliphatic carbocycles. The van der Waals surface area contributed by atoms with Gasteiger partial charge in [-0.3, -0.25) is 0 Å². The molecule has 4 aliphatic rings. The molecule has 2 aromatic rings. The van der Waals surface area contributed by atoms with E-state index in [-0.39, 0.29) is 76.2 Å². The van der Waals surface area contributed by atoms with Crippen molar-refractivity contribution in [2.75, 3.05) is 68.8 Å². The molecule has 4 N–H and O–H groups in total. The second-order valence-electron chi connectivity index (χ2n) is 15.4. The third-order valence-corrected chi connectivity index (χ3v) is 11.9. The van der Waals surface area contributed by atoms with Crippen LogP contribution in [-0.2, 0) is 37.5 Å². The molecule has 17 heteroatoms. The Kier molecular flexibility index (Phi) is 20.3. The minimum atomic E-state index is -0.528. The fraction of sp³-hybridized carbons (Fsp3) is 0.628. The third kappa shape index (κ3) is 13.7. The molecule has 0 spiro atoms. The molecule has 4 saturated carbocycles. The van der Waals surface area contributed by atoms with Crippen LogP contribution in [0.3, 0.4) is 0 Å². The largest absolute Gasteiger partial charge is 0.493 e. The van der Waals surface area contributed by atoms with Gasteiger partial charge in [-0.25, -0.2) is 19.2 Å². The second-order valence-corrected chi connectivity index (χ2v) is 15.4. The summed E-state index contributed by atoms with van der Waals surface area (Å²) in [6.07, 6.45) is 8.09. The Bertz CT molecular complexity index is 1540. The number of fused-ring (bicyclic) bond motifs is 4. The summed E-state index contributed by atoms with van der Waals surface area (Å²) in [4.78, 5) is 46.1. The van der Waals surface area contributed by atoms with Crippen molar-refractivity contribution in [2.24, 2.45) is 23.7 Å². The van der Waals surface area contributed by atoms with Crippen molar-refractivity contribution >= 4 is 24.4 Å². The normalized spacial score (nSPS) is 21.5. The van der Waals surface area contributed by atoms with Crippen LogP contribution in [0.4, 0.5) is 19.2 Å². The van der Waals surface area contributed by atoms with Crippen LogP contribution in [0.1, 0.15) is 81.8 Å². The van der Waals surface area contributed by atoms with Crippen LogP contribution < -0.4 is 40.2 Å². The maximum absolute atomic E-state index is 11.5. The van der Waals surface area contributed by atoms with Crippen LogP contribution in [0, 0.1) is 23.7 Å². The summed E-state index contributed by atoms with van der Waals surface area (Å²) in [5.41, 5.74) is 1.83. The molecular weight excluding hydrogens is 815 g/mol. The molecule has 6 unspecified atom stereocenters. The van der Waals surface area contributed by atoms with Gasteiger partial charge in [-0.05, 0) is 110 Å². The predicted octanol–water partition coefficient (Wildman–Crippen LogP) is 6.75. The van der Waals surface area contributed by atoms with Gasteiger partial charge in [0.2, 0.25) is 0 Å². The van der Waals surface area contributed by atoms with Crippen molar-refractivity contribution < 1.29 is 75.6 Å². The topological polar surface area (TPSA) is 190 Å². The number of benzene rings is 2. The van der Waals surface area contributed by atoms with Gasteiger partial charge in [0, 0.05) is 56.6 Å². The molecule has 0 aliphatic heterocycles. The Morgan fingerprint density at radius 1 is 0.517 bits per heavy atom. The molecule has 4 fully saturated rings. The molecule has 0 saturated heterocycles. The zero-order valence-electron chi connectivity index (χ0n) is 34.9. The average molecular weight is 880 g/mol. The molecule has 1 radical (unpaired) electrons. The fourth-order valence-corrected chi connectivity index (χ4v) is 8.80. The molecule has 4 amide bonds. The second kappa shape index (κ2) is 24.5. The van der Waals surface area contributed by atoms with Gasteiger partial charge in [-0.1, -0.05) is 19.6 Å². The van der Waals surface area contributed by atoms with Crippen LogP contribution in [0.15, 0.2) is 36.4 Å². The number of carbonyl (C=O) groups is 4. The number of carbonyl (C=O) groups excluding carboxylic acids is 4. The first kappa shape index (κ1) is 49.7. The molecule has 4 bridgehead atoms. The van der Waals surface area contributed by atoms with Gasteiger partial charge >= 0.3 is 24.4 Å². The van der Waals surface area contributed by atoms with Crippen molar-refractivity contribution in [3.63, 3.8) is 0 Å². The summed E-state index contributed by atoms with van der Waals surface area (Å²) in [6.45, 7) is 1.15. The van der Waals surface area contributed by atoms with Gasteiger partial charge in [0.15, 0.2) is 23.0 Å². The Morgan fingerprint density at radius 2 is 0.850 bits per heavy atom. The molecular formula is C43H64N4O12V. The maximum atomic E-state index is 11.5. The van der Waals surface area contributed by atoms with E-state index in [4.69, 9.17) is 18.9 Å². The number of nitrogens with one attached hydrogen (secondary N) is 4. The fourth-order valence-electron chi connectivity index (χ4n) is 8.80.